The summed E-state index contributed by atoms with van der Waals surface area (Å²) >= 11 is 0. The first-order valence-corrected chi connectivity index (χ1v) is 11.9. The highest BCUT2D eigenvalue weighted by molar-refractivity contribution is 5.79. The van der Waals surface area contributed by atoms with Gasteiger partial charge in [0.25, 0.3) is 0 Å². The standard InChI is InChI=1S/C24H32FN5O5/c1-18-26-19(2)30(27-18)8-7-22(31)29-11-14-35-24(16-29,15-23(32)28-9-12-33-13-10-28)17-34-21-5-3-20(25)4-6-21/h3-6H,7-17H2,1-2H3/t24-/m0/s1. The van der Waals surface area contributed by atoms with Gasteiger partial charge in [-0.25, -0.2) is 14.1 Å². The molecule has 3 heterocycles. The molecule has 0 N–H and O–H groups in total. The Morgan fingerprint density at radius 2 is 1.77 bits per heavy atom. The zero-order valence-corrected chi connectivity index (χ0v) is 20.2. The molecule has 190 valence electrons. The fraction of sp³-hybridized carbons (Fsp3) is 0.583. The van der Waals surface area contributed by atoms with Crippen LogP contribution >= 0.6 is 0 Å². The van der Waals surface area contributed by atoms with Gasteiger partial charge in [-0.3, -0.25) is 9.59 Å². The number of rotatable bonds is 8. The third kappa shape index (κ3) is 6.55. The van der Waals surface area contributed by atoms with E-state index in [1.807, 2.05) is 13.8 Å². The van der Waals surface area contributed by atoms with E-state index in [1.54, 1.807) is 14.5 Å². The highest BCUT2D eigenvalue weighted by Gasteiger charge is 2.42. The molecule has 2 saturated heterocycles. The molecule has 2 aromatic rings. The minimum absolute atomic E-state index is 0.0502. The largest absolute Gasteiger partial charge is 0.490 e. The number of aromatic nitrogens is 3. The lowest BCUT2D eigenvalue weighted by molar-refractivity contribution is -0.167. The number of carbonyl (C=O) groups excluding carboxylic acids is 2. The minimum Gasteiger partial charge on any atom is -0.490 e. The molecule has 0 radical (unpaired) electrons. The first-order valence-electron chi connectivity index (χ1n) is 11.9. The van der Waals surface area contributed by atoms with Gasteiger partial charge < -0.3 is 24.0 Å². The van der Waals surface area contributed by atoms with Gasteiger partial charge in [-0.1, -0.05) is 0 Å². The van der Waals surface area contributed by atoms with E-state index < -0.39 is 5.60 Å². The van der Waals surface area contributed by atoms with Crippen LogP contribution in [0.2, 0.25) is 0 Å². The van der Waals surface area contributed by atoms with Crippen LogP contribution in [-0.4, -0.2) is 94.6 Å². The fourth-order valence-electron chi connectivity index (χ4n) is 4.38. The molecule has 35 heavy (non-hydrogen) atoms. The molecule has 0 unspecified atom stereocenters. The van der Waals surface area contributed by atoms with Crippen molar-refractivity contribution in [3.8, 4) is 5.75 Å². The summed E-state index contributed by atoms with van der Waals surface area (Å²) in [6.45, 7) is 7.12. The Morgan fingerprint density at radius 3 is 2.46 bits per heavy atom. The molecule has 2 aliphatic heterocycles. The average molecular weight is 490 g/mol. The van der Waals surface area contributed by atoms with E-state index in [0.717, 1.165) is 5.82 Å². The Labute approximate surface area is 203 Å². The van der Waals surface area contributed by atoms with Crippen LogP contribution in [0.4, 0.5) is 4.39 Å². The van der Waals surface area contributed by atoms with E-state index in [1.165, 1.54) is 24.3 Å². The van der Waals surface area contributed by atoms with Crippen LogP contribution in [-0.2, 0) is 25.6 Å². The molecule has 10 nitrogen and oxygen atoms in total. The van der Waals surface area contributed by atoms with Crippen LogP contribution in [0.1, 0.15) is 24.5 Å². The van der Waals surface area contributed by atoms with Crippen molar-refractivity contribution in [2.45, 2.75) is 38.8 Å². The summed E-state index contributed by atoms with van der Waals surface area (Å²) in [4.78, 5) is 34.0. The van der Waals surface area contributed by atoms with E-state index in [9.17, 15) is 14.0 Å². The van der Waals surface area contributed by atoms with Crippen molar-refractivity contribution < 1.29 is 28.2 Å². The Hall–Kier alpha value is -3.05. The summed E-state index contributed by atoms with van der Waals surface area (Å²) in [5.74, 6) is 1.41. The smallest absolute Gasteiger partial charge is 0.225 e. The molecule has 2 fully saturated rings. The van der Waals surface area contributed by atoms with Crippen molar-refractivity contribution in [1.82, 2.24) is 24.6 Å². The van der Waals surface area contributed by atoms with Crippen molar-refractivity contribution in [2.24, 2.45) is 0 Å². The van der Waals surface area contributed by atoms with E-state index in [4.69, 9.17) is 14.2 Å². The number of carbonyl (C=O) groups is 2. The van der Waals surface area contributed by atoms with Crippen molar-refractivity contribution >= 4 is 11.8 Å². The van der Waals surface area contributed by atoms with Crippen molar-refractivity contribution in [1.29, 1.82) is 0 Å². The SMILES string of the molecule is Cc1nc(C)n(CCC(=O)N2CCO[C@@](COc3ccc(F)cc3)(CC(=O)N3CCOCC3)C2)n1. The first kappa shape index (κ1) is 25.1. The Bertz CT molecular complexity index is 1020. The highest BCUT2D eigenvalue weighted by Crippen LogP contribution is 2.26. The maximum absolute atomic E-state index is 13.3. The van der Waals surface area contributed by atoms with Crippen LogP contribution in [0.25, 0.3) is 0 Å². The summed E-state index contributed by atoms with van der Waals surface area (Å²) in [6.07, 6.45) is 0.329. The van der Waals surface area contributed by atoms with E-state index in [-0.39, 0.29) is 50.2 Å². The van der Waals surface area contributed by atoms with Crippen molar-refractivity contribution in [3.63, 3.8) is 0 Å². The molecule has 0 bridgehead atoms. The normalized spacial score (nSPS) is 20.7. The molecule has 0 saturated carbocycles. The number of nitrogens with zero attached hydrogens (tertiary/aromatic N) is 5. The molecule has 0 spiro atoms. The Balaban J connectivity index is 1.45. The van der Waals surface area contributed by atoms with E-state index >= 15 is 0 Å². The summed E-state index contributed by atoms with van der Waals surface area (Å²) in [6, 6.07) is 5.68. The predicted octanol–water partition coefficient (Wildman–Crippen LogP) is 1.35. The van der Waals surface area contributed by atoms with Gasteiger partial charge in [0, 0.05) is 26.1 Å². The molecule has 1 aromatic heterocycles. The average Bonchev–Trinajstić information content (AvgIpc) is 3.19. The van der Waals surface area contributed by atoms with Gasteiger partial charge >= 0.3 is 0 Å². The lowest BCUT2D eigenvalue weighted by Gasteiger charge is -2.43. The number of aryl methyl sites for hydroxylation is 3. The Morgan fingerprint density at radius 1 is 1.06 bits per heavy atom. The van der Waals surface area contributed by atoms with Gasteiger partial charge in [0.2, 0.25) is 11.8 Å². The monoisotopic (exact) mass is 489 g/mol. The molecule has 0 aliphatic carbocycles. The van der Waals surface area contributed by atoms with Gasteiger partial charge in [0.1, 0.15) is 35.4 Å². The summed E-state index contributed by atoms with van der Waals surface area (Å²) in [5.41, 5.74) is -1.02. The molecular weight excluding hydrogens is 457 g/mol. The molecule has 2 amide bonds. The molecular formula is C24H32FN5O5. The van der Waals surface area contributed by atoms with Crippen LogP contribution in [0.15, 0.2) is 24.3 Å². The van der Waals surface area contributed by atoms with Gasteiger partial charge in [0.05, 0.1) is 39.3 Å². The van der Waals surface area contributed by atoms with E-state index in [2.05, 4.69) is 10.1 Å². The number of ether oxygens (including phenoxy) is 3. The third-order valence-corrected chi connectivity index (χ3v) is 6.25. The summed E-state index contributed by atoms with van der Waals surface area (Å²) < 4.78 is 32.4. The van der Waals surface area contributed by atoms with Crippen molar-refractivity contribution in [2.75, 3.05) is 52.6 Å². The van der Waals surface area contributed by atoms with Gasteiger partial charge in [0.15, 0.2) is 0 Å². The van der Waals surface area contributed by atoms with Gasteiger partial charge in [-0.2, -0.15) is 5.10 Å². The molecule has 1 atom stereocenters. The minimum atomic E-state index is -1.02. The van der Waals surface area contributed by atoms with E-state index in [0.29, 0.717) is 51.0 Å². The van der Waals surface area contributed by atoms with Gasteiger partial charge in [-0.05, 0) is 38.1 Å². The lowest BCUT2D eigenvalue weighted by Crippen LogP contribution is -2.58. The topological polar surface area (TPSA) is 99.0 Å². The quantitative estimate of drug-likeness (QED) is 0.552. The molecule has 11 heteroatoms. The second-order valence-electron chi connectivity index (χ2n) is 8.94. The zero-order valence-electron chi connectivity index (χ0n) is 20.2. The second-order valence-corrected chi connectivity index (χ2v) is 8.94. The maximum atomic E-state index is 13.3. The predicted molar refractivity (Wildman–Crippen MR) is 123 cm³/mol. The van der Waals surface area contributed by atoms with Crippen LogP contribution in [0, 0.1) is 19.7 Å². The maximum Gasteiger partial charge on any atom is 0.225 e. The number of hydrogen-bond acceptors (Lipinski definition) is 7. The number of benzene rings is 1. The number of amides is 2. The number of hydrogen-bond donors (Lipinski definition) is 0. The lowest BCUT2D eigenvalue weighted by atomic mass is 9.96. The summed E-state index contributed by atoms with van der Waals surface area (Å²) in [7, 11) is 0. The zero-order chi connectivity index (χ0) is 24.8. The molecule has 2 aliphatic rings. The second kappa shape index (κ2) is 11.1. The fourth-order valence-corrected chi connectivity index (χ4v) is 4.38. The molecule has 4 rings (SSSR count). The number of morpholine rings is 2. The van der Waals surface area contributed by atoms with Crippen LogP contribution in [0.3, 0.4) is 0 Å². The first-order chi connectivity index (χ1) is 16.8. The third-order valence-electron chi connectivity index (χ3n) is 6.25. The summed E-state index contributed by atoms with van der Waals surface area (Å²) in [5, 5.41) is 4.32. The Kier molecular flexibility index (Phi) is 7.97. The highest BCUT2D eigenvalue weighted by atomic mass is 19.1. The van der Waals surface area contributed by atoms with Crippen LogP contribution in [0.5, 0.6) is 5.75 Å². The van der Waals surface area contributed by atoms with Crippen molar-refractivity contribution in [3.05, 3.63) is 41.7 Å². The van der Waals surface area contributed by atoms with Gasteiger partial charge in [-0.15, -0.1) is 0 Å². The molecule has 1 aromatic carbocycles. The van der Waals surface area contributed by atoms with Crippen LogP contribution < -0.4 is 4.74 Å². The number of halogens is 1.